The number of nitrogens with one attached hydrogen (secondary N) is 1. The third kappa shape index (κ3) is 3.35. The quantitative estimate of drug-likeness (QED) is 0.334. The Bertz CT molecular complexity index is 1360. The number of benzene rings is 2. The molecule has 2 aromatic carbocycles. The number of thiophene rings is 1. The molecule has 3 heterocycles. The van der Waals surface area contributed by atoms with E-state index in [1.807, 2.05) is 41.2 Å². The summed E-state index contributed by atoms with van der Waals surface area (Å²) >= 11 is 8.16. The van der Waals surface area contributed by atoms with Crippen molar-refractivity contribution in [2.75, 3.05) is 0 Å². The van der Waals surface area contributed by atoms with Crippen molar-refractivity contribution < 1.29 is 5.11 Å². The summed E-state index contributed by atoms with van der Waals surface area (Å²) in [6.07, 6.45) is 1.95. The zero-order valence-corrected chi connectivity index (χ0v) is 18.1. The van der Waals surface area contributed by atoms with Gasteiger partial charge in [-0.25, -0.2) is 4.68 Å². The fourth-order valence-corrected chi connectivity index (χ4v) is 4.72. The molecular weight excluding hydrogens is 414 g/mol. The van der Waals surface area contributed by atoms with E-state index in [1.165, 1.54) is 15.8 Å². The molecule has 5 aromatic rings. The third-order valence-electron chi connectivity index (χ3n) is 5.11. The minimum Gasteiger partial charge on any atom is -0.384 e. The van der Waals surface area contributed by atoms with Gasteiger partial charge >= 0.3 is 0 Å². The van der Waals surface area contributed by atoms with E-state index in [0.717, 1.165) is 21.8 Å². The van der Waals surface area contributed by atoms with E-state index in [0.29, 0.717) is 10.7 Å². The van der Waals surface area contributed by atoms with Gasteiger partial charge in [-0.3, -0.25) is 0 Å². The molecule has 150 valence electrons. The minimum absolute atomic E-state index is 0.598. The second-order valence-electron chi connectivity index (χ2n) is 7.78. The maximum absolute atomic E-state index is 10.5. The second-order valence-corrected chi connectivity index (χ2v) is 9.27. The Kier molecular flexibility index (Phi) is 4.54. The maximum Gasteiger partial charge on any atom is 0.103 e. The molecule has 0 aliphatic carbocycles. The Morgan fingerprint density at radius 2 is 1.80 bits per heavy atom. The van der Waals surface area contributed by atoms with E-state index in [2.05, 4.69) is 46.5 Å². The SMILES string of the molecule is CC(C)(O)c1cc(-c2ccc(-c3ccc4[nH]ccc4c3)s2)n(-c2ccccc2Cl)n1. The summed E-state index contributed by atoms with van der Waals surface area (Å²) in [4.78, 5) is 5.46. The van der Waals surface area contributed by atoms with Crippen LogP contribution in [0.4, 0.5) is 0 Å². The lowest BCUT2D eigenvalue weighted by atomic mass is 10.1. The van der Waals surface area contributed by atoms with E-state index in [4.69, 9.17) is 11.6 Å². The van der Waals surface area contributed by atoms with Crippen LogP contribution in [0.15, 0.2) is 72.9 Å². The van der Waals surface area contributed by atoms with Crippen molar-refractivity contribution in [3.8, 4) is 26.7 Å². The Balaban J connectivity index is 1.63. The lowest BCUT2D eigenvalue weighted by Crippen LogP contribution is -2.16. The normalized spacial score (nSPS) is 12.0. The summed E-state index contributed by atoms with van der Waals surface area (Å²) in [6, 6.07) is 22.3. The summed E-state index contributed by atoms with van der Waals surface area (Å²) in [5, 5.41) is 17.0. The molecule has 2 N–H and O–H groups in total. The molecule has 0 saturated carbocycles. The van der Waals surface area contributed by atoms with E-state index in [1.54, 1.807) is 25.2 Å². The van der Waals surface area contributed by atoms with Crippen molar-refractivity contribution in [3.63, 3.8) is 0 Å². The van der Waals surface area contributed by atoms with Crippen LogP contribution in [0, 0.1) is 0 Å². The standard InChI is InChI=1S/C24H20ClN3OS/c1-24(2,29)23-14-20(28(27-23)19-6-4-3-5-17(19)25)22-10-9-21(30-22)16-7-8-18-15(13-16)11-12-26-18/h3-14,26,29H,1-2H3. The Labute approximate surface area is 183 Å². The van der Waals surface area contributed by atoms with Gasteiger partial charge in [-0.05, 0) is 73.3 Å². The van der Waals surface area contributed by atoms with Crippen LogP contribution in [0.5, 0.6) is 0 Å². The fraction of sp³-hybridized carbons (Fsp3) is 0.125. The summed E-state index contributed by atoms with van der Waals surface area (Å²) < 4.78 is 1.82. The molecule has 0 fully saturated rings. The molecule has 0 atom stereocenters. The van der Waals surface area contributed by atoms with Crippen LogP contribution in [0.25, 0.3) is 37.6 Å². The van der Waals surface area contributed by atoms with Crippen molar-refractivity contribution in [3.05, 3.63) is 83.6 Å². The van der Waals surface area contributed by atoms with Gasteiger partial charge in [-0.1, -0.05) is 29.8 Å². The molecule has 0 radical (unpaired) electrons. The smallest absolute Gasteiger partial charge is 0.103 e. The molecule has 0 aliphatic rings. The van der Waals surface area contributed by atoms with E-state index in [9.17, 15) is 5.11 Å². The molecule has 0 spiro atoms. The van der Waals surface area contributed by atoms with Crippen LogP contribution in [0.1, 0.15) is 19.5 Å². The average Bonchev–Trinajstić information content (AvgIpc) is 3.45. The molecule has 0 unspecified atom stereocenters. The van der Waals surface area contributed by atoms with Gasteiger partial charge in [-0.15, -0.1) is 11.3 Å². The van der Waals surface area contributed by atoms with Crippen molar-refractivity contribution in [2.45, 2.75) is 19.4 Å². The number of nitrogens with zero attached hydrogens (tertiary/aromatic N) is 2. The molecule has 0 aliphatic heterocycles. The van der Waals surface area contributed by atoms with Crippen molar-refractivity contribution in [2.24, 2.45) is 0 Å². The monoisotopic (exact) mass is 433 g/mol. The fourth-order valence-electron chi connectivity index (χ4n) is 3.50. The molecule has 0 bridgehead atoms. The summed E-state index contributed by atoms with van der Waals surface area (Å²) in [7, 11) is 0. The number of rotatable bonds is 4. The average molecular weight is 434 g/mol. The largest absolute Gasteiger partial charge is 0.384 e. The number of halogens is 1. The lowest BCUT2D eigenvalue weighted by Gasteiger charge is -2.13. The first-order chi connectivity index (χ1) is 14.4. The van der Waals surface area contributed by atoms with Gasteiger partial charge in [-0.2, -0.15) is 5.10 Å². The predicted octanol–water partition coefficient (Wildman–Crippen LogP) is 6.63. The number of aromatic nitrogens is 3. The summed E-state index contributed by atoms with van der Waals surface area (Å²) in [5.41, 5.74) is 3.53. The molecule has 30 heavy (non-hydrogen) atoms. The van der Waals surface area contributed by atoms with Crippen LogP contribution < -0.4 is 0 Å². The summed E-state index contributed by atoms with van der Waals surface area (Å²) in [5.74, 6) is 0. The van der Waals surface area contributed by atoms with Crippen LogP contribution >= 0.6 is 22.9 Å². The lowest BCUT2D eigenvalue weighted by molar-refractivity contribution is 0.0734. The van der Waals surface area contributed by atoms with Gasteiger partial charge in [0, 0.05) is 16.6 Å². The maximum atomic E-state index is 10.5. The van der Waals surface area contributed by atoms with E-state index >= 15 is 0 Å². The first kappa shape index (κ1) is 19.1. The zero-order chi connectivity index (χ0) is 20.9. The van der Waals surface area contributed by atoms with E-state index < -0.39 is 5.60 Å². The molecule has 0 amide bonds. The third-order valence-corrected chi connectivity index (χ3v) is 6.59. The number of para-hydroxylation sites is 1. The highest BCUT2D eigenvalue weighted by molar-refractivity contribution is 7.18. The predicted molar refractivity (Wildman–Crippen MR) is 124 cm³/mol. The number of aliphatic hydroxyl groups is 1. The van der Waals surface area contributed by atoms with Crippen LogP contribution in [0.2, 0.25) is 5.02 Å². The van der Waals surface area contributed by atoms with E-state index in [-0.39, 0.29) is 0 Å². The number of fused-ring (bicyclic) bond motifs is 1. The highest BCUT2D eigenvalue weighted by Crippen LogP contribution is 2.38. The summed E-state index contributed by atoms with van der Waals surface area (Å²) in [6.45, 7) is 3.48. The molecule has 4 nitrogen and oxygen atoms in total. The Morgan fingerprint density at radius 3 is 2.60 bits per heavy atom. The van der Waals surface area contributed by atoms with Crippen LogP contribution in [0.3, 0.4) is 0 Å². The molecule has 6 heteroatoms. The highest BCUT2D eigenvalue weighted by Gasteiger charge is 2.24. The van der Waals surface area contributed by atoms with Gasteiger partial charge in [0.2, 0.25) is 0 Å². The molecule has 5 rings (SSSR count). The van der Waals surface area contributed by atoms with Gasteiger partial charge in [0.1, 0.15) is 5.60 Å². The molecular formula is C24H20ClN3OS. The minimum atomic E-state index is -1.05. The number of hydrogen-bond acceptors (Lipinski definition) is 3. The number of H-pyrrole nitrogens is 1. The topological polar surface area (TPSA) is 53.8 Å². The van der Waals surface area contributed by atoms with Crippen molar-refractivity contribution in [1.82, 2.24) is 14.8 Å². The Morgan fingerprint density at radius 1 is 1.00 bits per heavy atom. The first-order valence-corrected chi connectivity index (χ1v) is 10.9. The molecule has 0 saturated heterocycles. The number of aromatic amines is 1. The first-order valence-electron chi connectivity index (χ1n) is 9.66. The second kappa shape index (κ2) is 7.13. The zero-order valence-electron chi connectivity index (χ0n) is 16.6. The van der Waals surface area contributed by atoms with Crippen molar-refractivity contribution in [1.29, 1.82) is 0 Å². The Hall–Kier alpha value is -2.86. The highest BCUT2D eigenvalue weighted by atomic mass is 35.5. The van der Waals surface area contributed by atoms with Gasteiger partial charge in [0.25, 0.3) is 0 Å². The van der Waals surface area contributed by atoms with Gasteiger partial charge in [0.05, 0.1) is 27.0 Å². The molecule has 3 aromatic heterocycles. The van der Waals surface area contributed by atoms with Crippen molar-refractivity contribution >= 4 is 33.8 Å². The van der Waals surface area contributed by atoms with Crippen LogP contribution in [-0.4, -0.2) is 19.9 Å². The van der Waals surface area contributed by atoms with Gasteiger partial charge < -0.3 is 10.1 Å². The number of hydrogen-bond donors (Lipinski definition) is 2. The van der Waals surface area contributed by atoms with Gasteiger partial charge in [0.15, 0.2) is 0 Å². The van der Waals surface area contributed by atoms with Crippen LogP contribution in [-0.2, 0) is 5.60 Å².